The third-order valence-corrected chi connectivity index (χ3v) is 5.78. The zero-order chi connectivity index (χ0) is 21.1. The molecule has 0 radical (unpaired) electrons. The van der Waals surface area contributed by atoms with Crippen LogP contribution < -0.4 is 4.74 Å². The Bertz CT molecular complexity index is 1050. The maximum atomic E-state index is 12.9. The molecule has 0 spiro atoms. The SMILES string of the molecule is CCCOc1ccc(/C(O)=C2/C(=O)C(=O)N(Cc3ccco3)C2c2cccs2)cc1. The molecular weight excluding hydrogens is 402 g/mol. The minimum absolute atomic E-state index is 0.0798. The lowest BCUT2D eigenvalue weighted by molar-refractivity contribution is -0.140. The number of furan rings is 1. The van der Waals surface area contributed by atoms with Crippen molar-refractivity contribution in [2.45, 2.75) is 25.9 Å². The van der Waals surface area contributed by atoms with Crippen molar-refractivity contribution in [3.05, 3.63) is 81.9 Å². The molecule has 154 valence electrons. The lowest BCUT2D eigenvalue weighted by Crippen LogP contribution is -2.28. The average Bonchev–Trinajstić information content (AvgIpc) is 3.51. The van der Waals surface area contributed by atoms with E-state index in [0.717, 1.165) is 11.3 Å². The Morgan fingerprint density at radius 2 is 1.97 bits per heavy atom. The van der Waals surface area contributed by atoms with Gasteiger partial charge in [0.15, 0.2) is 0 Å². The van der Waals surface area contributed by atoms with E-state index < -0.39 is 17.7 Å². The molecule has 1 saturated heterocycles. The molecule has 0 bridgehead atoms. The first-order valence-electron chi connectivity index (χ1n) is 9.67. The summed E-state index contributed by atoms with van der Waals surface area (Å²) < 4.78 is 10.9. The van der Waals surface area contributed by atoms with Crippen LogP contribution in [-0.4, -0.2) is 28.3 Å². The highest BCUT2D eigenvalue weighted by Gasteiger charge is 2.46. The van der Waals surface area contributed by atoms with Gasteiger partial charge in [0.25, 0.3) is 11.7 Å². The Hall–Kier alpha value is -3.32. The average molecular weight is 423 g/mol. The van der Waals surface area contributed by atoms with Crippen LogP contribution in [0.4, 0.5) is 0 Å². The number of likely N-dealkylation sites (tertiary alicyclic amines) is 1. The van der Waals surface area contributed by atoms with Crippen LogP contribution in [0.15, 0.2) is 70.2 Å². The Morgan fingerprint density at radius 1 is 1.17 bits per heavy atom. The largest absolute Gasteiger partial charge is 0.507 e. The fourth-order valence-electron chi connectivity index (χ4n) is 3.44. The summed E-state index contributed by atoms with van der Waals surface area (Å²) in [4.78, 5) is 28.0. The van der Waals surface area contributed by atoms with Gasteiger partial charge in [-0.15, -0.1) is 11.3 Å². The Labute approximate surface area is 178 Å². The van der Waals surface area contributed by atoms with Crippen molar-refractivity contribution in [1.82, 2.24) is 4.90 Å². The monoisotopic (exact) mass is 423 g/mol. The van der Waals surface area contributed by atoms with Crippen LogP contribution in [0.3, 0.4) is 0 Å². The van der Waals surface area contributed by atoms with Crippen molar-refractivity contribution in [1.29, 1.82) is 0 Å². The zero-order valence-corrected chi connectivity index (χ0v) is 17.2. The van der Waals surface area contributed by atoms with E-state index >= 15 is 0 Å². The number of amides is 1. The summed E-state index contributed by atoms with van der Waals surface area (Å²) in [5.41, 5.74) is 0.535. The summed E-state index contributed by atoms with van der Waals surface area (Å²) >= 11 is 1.43. The van der Waals surface area contributed by atoms with Gasteiger partial charge in [0.1, 0.15) is 23.3 Å². The van der Waals surface area contributed by atoms with Crippen LogP contribution in [0, 0.1) is 0 Å². The van der Waals surface area contributed by atoms with E-state index in [1.165, 1.54) is 22.5 Å². The van der Waals surface area contributed by atoms with E-state index in [2.05, 4.69) is 0 Å². The molecule has 3 aromatic rings. The van der Waals surface area contributed by atoms with Gasteiger partial charge >= 0.3 is 0 Å². The highest BCUT2D eigenvalue weighted by atomic mass is 32.1. The molecule has 0 saturated carbocycles. The number of aliphatic hydroxyl groups excluding tert-OH is 1. The van der Waals surface area contributed by atoms with E-state index in [9.17, 15) is 14.7 Å². The molecule has 1 unspecified atom stereocenters. The van der Waals surface area contributed by atoms with Gasteiger partial charge in [-0.3, -0.25) is 9.59 Å². The molecule has 1 atom stereocenters. The minimum Gasteiger partial charge on any atom is -0.507 e. The first-order valence-corrected chi connectivity index (χ1v) is 10.6. The first kappa shape index (κ1) is 20.0. The van der Waals surface area contributed by atoms with Crippen molar-refractivity contribution in [3.8, 4) is 5.75 Å². The Balaban J connectivity index is 1.74. The molecule has 1 fully saturated rings. The lowest BCUT2D eigenvalue weighted by Gasteiger charge is -2.23. The number of benzene rings is 1. The molecule has 30 heavy (non-hydrogen) atoms. The summed E-state index contributed by atoms with van der Waals surface area (Å²) in [7, 11) is 0. The molecule has 1 N–H and O–H groups in total. The fraction of sp³-hybridized carbons (Fsp3) is 0.217. The zero-order valence-electron chi connectivity index (χ0n) is 16.4. The molecule has 1 aliphatic rings. The molecule has 2 aromatic heterocycles. The summed E-state index contributed by atoms with van der Waals surface area (Å²) in [6, 6.07) is 13.4. The van der Waals surface area contributed by atoms with E-state index in [1.807, 2.05) is 24.4 Å². The number of rotatable bonds is 7. The van der Waals surface area contributed by atoms with E-state index in [4.69, 9.17) is 9.15 Å². The maximum Gasteiger partial charge on any atom is 0.296 e. The topological polar surface area (TPSA) is 80.0 Å². The van der Waals surface area contributed by atoms with Crippen LogP contribution in [0.25, 0.3) is 5.76 Å². The highest BCUT2D eigenvalue weighted by molar-refractivity contribution is 7.10. The minimum atomic E-state index is -0.705. The van der Waals surface area contributed by atoms with Gasteiger partial charge in [0.05, 0.1) is 25.0 Å². The van der Waals surface area contributed by atoms with Crippen LogP contribution in [0.2, 0.25) is 0 Å². The van der Waals surface area contributed by atoms with Crippen molar-refractivity contribution in [2.75, 3.05) is 6.61 Å². The maximum absolute atomic E-state index is 12.9. The van der Waals surface area contributed by atoms with Gasteiger partial charge in [0.2, 0.25) is 0 Å². The van der Waals surface area contributed by atoms with Gasteiger partial charge < -0.3 is 19.2 Å². The Morgan fingerprint density at radius 3 is 2.60 bits per heavy atom. The predicted octanol–water partition coefficient (Wildman–Crippen LogP) is 4.75. The van der Waals surface area contributed by atoms with Crippen LogP contribution in [0.5, 0.6) is 5.75 Å². The first-order chi connectivity index (χ1) is 14.6. The summed E-state index contributed by atoms with van der Waals surface area (Å²) in [5, 5.41) is 12.9. The number of nitrogens with zero attached hydrogens (tertiary/aromatic N) is 1. The quantitative estimate of drug-likeness (QED) is 0.337. The second-order valence-electron chi connectivity index (χ2n) is 6.89. The van der Waals surface area contributed by atoms with Crippen molar-refractivity contribution >= 4 is 28.8 Å². The molecule has 6 nitrogen and oxygen atoms in total. The van der Waals surface area contributed by atoms with Crippen molar-refractivity contribution < 1.29 is 23.8 Å². The van der Waals surface area contributed by atoms with Crippen molar-refractivity contribution in [2.24, 2.45) is 0 Å². The lowest BCUT2D eigenvalue weighted by atomic mass is 10.00. The van der Waals surface area contributed by atoms with Gasteiger partial charge in [-0.1, -0.05) is 13.0 Å². The molecule has 1 aromatic carbocycles. The number of hydrogen-bond acceptors (Lipinski definition) is 6. The van der Waals surface area contributed by atoms with E-state index in [-0.39, 0.29) is 17.9 Å². The second kappa shape index (κ2) is 8.59. The third-order valence-electron chi connectivity index (χ3n) is 4.86. The molecule has 7 heteroatoms. The number of ether oxygens (including phenoxy) is 1. The molecule has 0 aliphatic carbocycles. The van der Waals surface area contributed by atoms with Crippen LogP contribution >= 0.6 is 11.3 Å². The molecular formula is C23H21NO5S. The predicted molar refractivity (Wildman–Crippen MR) is 113 cm³/mol. The smallest absolute Gasteiger partial charge is 0.296 e. The molecule has 4 rings (SSSR count). The van der Waals surface area contributed by atoms with E-state index in [0.29, 0.717) is 23.7 Å². The van der Waals surface area contributed by atoms with Crippen LogP contribution in [-0.2, 0) is 16.1 Å². The summed E-state index contributed by atoms with van der Waals surface area (Å²) in [6.45, 7) is 2.76. The number of aliphatic hydroxyl groups is 1. The number of carbonyl (C=O) groups excluding carboxylic acids is 2. The number of thiophene rings is 1. The van der Waals surface area contributed by atoms with Crippen LogP contribution in [0.1, 0.15) is 35.6 Å². The summed E-state index contributed by atoms with van der Waals surface area (Å²) in [6.07, 6.45) is 2.41. The highest BCUT2D eigenvalue weighted by Crippen LogP contribution is 2.42. The normalized spacial score (nSPS) is 18.2. The van der Waals surface area contributed by atoms with Gasteiger partial charge in [-0.25, -0.2) is 0 Å². The fourth-order valence-corrected chi connectivity index (χ4v) is 4.29. The molecule has 1 aliphatic heterocycles. The van der Waals surface area contributed by atoms with E-state index in [1.54, 1.807) is 36.4 Å². The van der Waals surface area contributed by atoms with Gasteiger partial charge in [-0.2, -0.15) is 0 Å². The number of ketones is 1. The number of Topliss-reactive ketones (excluding diaryl/α,β-unsaturated/α-hetero) is 1. The van der Waals surface area contributed by atoms with Gasteiger partial charge in [-0.05, 0) is 54.3 Å². The second-order valence-corrected chi connectivity index (χ2v) is 7.87. The molecule has 1 amide bonds. The molecule has 3 heterocycles. The Kier molecular flexibility index (Phi) is 5.72. The third kappa shape index (κ3) is 3.76. The standard InChI is InChI=1S/C23H21NO5S/c1-2-11-28-16-9-7-15(8-10-16)21(25)19-20(18-6-4-13-30-18)24(23(27)22(19)26)14-17-5-3-12-29-17/h3-10,12-13,20,25H,2,11,14H2,1H3/b21-19-. The van der Waals surface area contributed by atoms with Gasteiger partial charge in [0, 0.05) is 10.4 Å². The number of hydrogen-bond donors (Lipinski definition) is 1. The summed E-state index contributed by atoms with van der Waals surface area (Å²) in [5.74, 6) is -0.314. The van der Waals surface area contributed by atoms with Crippen molar-refractivity contribution in [3.63, 3.8) is 0 Å². The number of carbonyl (C=O) groups is 2.